The van der Waals surface area contributed by atoms with Crippen molar-refractivity contribution in [2.75, 3.05) is 0 Å². The third-order valence-corrected chi connectivity index (χ3v) is 2.46. The van der Waals surface area contributed by atoms with Gasteiger partial charge in [0, 0.05) is 6.42 Å². The van der Waals surface area contributed by atoms with Crippen molar-refractivity contribution in [2.24, 2.45) is 0 Å². The molecule has 2 rings (SSSR count). The van der Waals surface area contributed by atoms with Crippen LogP contribution in [0.2, 0.25) is 0 Å². The first-order valence-corrected chi connectivity index (χ1v) is 4.48. The lowest BCUT2D eigenvalue weighted by molar-refractivity contribution is -0.113. The Morgan fingerprint density at radius 3 is 2.85 bits per heavy atom. The van der Waals surface area contributed by atoms with Crippen LogP contribution in [0.3, 0.4) is 0 Å². The fourth-order valence-corrected chi connectivity index (χ4v) is 1.70. The van der Waals surface area contributed by atoms with E-state index in [1.54, 1.807) is 6.92 Å². The Morgan fingerprint density at radius 2 is 2.15 bits per heavy atom. The van der Waals surface area contributed by atoms with Crippen molar-refractivity contribution < 1.29 is 4.79 Å². The summed E-state index contributed by atoms with van der Waals surface area (Å²) in [6.45, 7) is 3.70. The van der Waals surface area contributed by atoms with E-state index in [9.17, 15) is 4.79 Å². The molecule has 0 spiro atoms. The first kappa shape index (κ1) is 8.24. The highest BCUT2D eigenvalue weighted by Crippen LogP contribution is 2.25. The van der Waals surface area contributed by atoms with E-state index in [2.05, 4.69) is 25.1 Å². The first-order valence-electron chi connectivity index (χ1n) is 4.48. The zero-order valence-corrected chi connectivity index (χ0v) is 7.92. The number of allylic oxidation sites excluding steroid dienone is 1. The van der Waals surface area contributed by atoms with E-state index in [1.807, 2.05) is 6.08 Å². The van der Waals surface area contributed by atoms with Crippen LogP contribution in [0.25, 0.3) is 6.08 Å². The van der Waals surface area contributed by atoms with Crippen LogP contribution in [-0.4, -0.2) is 5.78 Å². The van der Waals surface area contributed by atoms with Crippen LogP contribution in [0, 0.1) is 6.92 Å². The third-order valence-electron chi connectivity index (χ3n) is 2.46. The predicted molar refractivity (Wildman–Crippen MR) is 53.5 cm³/mol. The second-order valence-corrected chi connectivity index (χ2v) is 3.60. The number of aryl methyl sites for hydroxylation is 1. The van der Waals surface area contributed by atoms with Gasteiger partial charge in [-0.05, 0) is 36.6 Å². The largest absolute Gasteiger partial charge is 0.295 e. The van der Waals surface area contributed by atoms with Gasteiger partial charge in [0.2, 0.25) is 0 Å². The van der Waals surface area contributed by atoms with E-state index < -0.39 is 0 Å². The van der Waals surface area contributed by atoms with Crippen LogP contribution in [-0.2, 0) is 11.2 Å². The molecule has 0 heterocycles. The van der Waals surface area contributed by atoms with E-state index in [-0.39, 0.29) is 5.78 Å². The molecule has 0 aromatic heterocycles. The Kier molecular flexibility index (Phi) is 1.80. The molecule has 0 saturated heterocycles. The number of fused-ring (bicyclic) bond motifs is 1. The molecular weight excluding hydrogens is 160 g/mol. The van der Waals surface area contributed by atoms with Gasteiger partial charge < -0.3 is 0 Å². The van der Waals surface area contributed by atoms with Gasteiger partial charge in [-0.25, -0.2) is 0 Å². The summed E-state index contributed by atoms with van der Waals surface area (Å²) >= 11 is 0. The molecule has 1 heteroatoms. The van der Waals surface area contributed by atoms with E-state index >= 15 is 0 Å². The van der Waals surface area contributed by atoms with Crippen LogP contribution in [0.5, 0.6) is 0 Å². The van der Waals surface area contributed by atoms with Gasteiger partial charge in [0.15, 0.2) is 5.78 Å². The lowest BCUT2D eigenvalue weighted by Crippen LogP contribution is -1.95. The molecule has 0 saturated carbocycles. The maximum atomic E-state index is 11.1. The molecule has 0 amide bonds. The molecule has 1 aliphatic carbocycles. The number of hydrogen-bond acceptors (Lipinski definition) is 1. The van der Waals surface area contributed by atoms with Crippen molar-refractivity contribution in [3.8, 4) is 0 Å². The lowest BCUT2D eigenvalue weighted by atomic mass is 10.1. The van der Waals surface area contributed by atoms with Crippen molar-refractivity contribution in [3.63, 3.8) is 0 Å². The summed E-state index contributed by atoms with van der Waals surface area (Å²) in [5, 5.41) is 0. The van der Waals surface area contributed by atoms with Crippen LogP contribution >= 0.6 is 0 Å². The van der Waals surface area contributed by atoms with E-state index in [0.29, 0.717) is 0 Å². The molecule has 13 heavy (non-hydrogen) atoms. The van der Waals surface area contributed by atoms with Crippen molar-refractivity contribution in [1.29, 1.82) is 0 Å². The minimum absolute atomic E-state index is 0.189. The third kappa shape index (κ3) is 1.42. The molecule has 0 aliphatic heterocycles. The van der Waals surface area contributed by atoms with Crippen molar-refractivity contribution in [1.82, 2.24) is 0 Å². The molecule has 0 unspecified atom stereocenters. The summed E-state index contributed by atoms with van der Waals surface area (Å²) in [6.07, 6.45) is 2.81. The molecular formula is C12H12O. The first-order chi connectivity index (χ1) is 6.16. The highest BCUT2D eigenvalue weighted by atomic mass is 16.1. The normalized spacial score (nSPS) is 13.8. The average Bonchev–Trinajstić information content (AvgIpc) is 2.46. The van der Waals surface area contributed by atoms with E-state index in [0.717, 1.165) is 12.0 Å². The van der Waals surface area contributed by atoms with Crippen LogP contribution in [0.15, 0.2) is 23.8 Å². The van der Waals surface area contributed by atoms with E-state index in [4.69, 9.17) is 0 Å². The summed E-state index contributed by atoms with van der Waals surface area (Å²) in [5.41, 5.74) is 4.68. The Balaban J connectivity index is 2.41. The average molecular weight is 172 g/mol. The maximum absolute atomic E-state index is 11.1. The lowest BCUT2D eigenvalue weighted by Gasteiger charge is -1.99. The second-order valence-electron chi connectivity index (χ2n) is 3.60. The van der Waals surface area contributed by atoms with Gasteiger partial charge in [0.05, 0.1) is 0 Å². The van der Waals surface area contributed by atoms with Crippen molar-refractivity contribution >= 4 is 11.9 Å². The Bertz CT molecular complexity index is 400. The van der Waals surface area contributed by atoms with Gasteiger partial charge >= 0.3 is 0 Å². The van der Waals surface area contributed by atoms with Gasteiger partial charge in [-0.3, -0.25) is 4.79 Å². The number of carbonyl (C=O) groups excluding carboxylic acids is 1. The SMILES string of the molecule is CC(=O)C1=Cc2ccc(C)cc2C1. The highest BCUT2D eigenvalue weighted by Gasteiger charge is 2.14. The summed E-state index contributed by atoms with van der Waals surface area (Å²) in [5.74, 6) is 0.189. The molecule has 0 radical (unpaired) electrons. The molecule has 0 N–H and O–H groups in total. The molecule has 66 valence electrons. The Morgan fingerprint density at radius 1 is 1.38 bits per heavy atom. The number of carbonyl (C=O) groups is 1. The Hall–Kier alpha value is -1.37. The predicted octanol–water partition coefficient (Wildman–Crippen LogP) is 2.52. The molecule has 1 aromatic carbocycles. The molecule has 0 fully saturated rings. The number of hydrogen-bond donors (Lipinski definition) is 0. The molecule has 0 bridgehead atoms. The van der Waals surface area contributed by atoms with Crippen LogP contribution in [0.4, 0.5) is 0 Å². The van der Waals surface area contributed by atoms with Gasteiger partial charge in [0.1, 0.15) is 0 Å². The van der Waals surface area contributed by atoms with Crippen LogP contribution in [0.1, 0.15) is 23.6 Å². The molecule has 1 nitrogen and oxygen atoms in total. The van der Waals surface area contributed by atoms with Gasteiger partial charge in [0.25, 0.3) is 0 Å². The summed E-state index contributed by atoms with van der Waals surface area (Å²) < 4.78 is 0. The molecule has 0 atom stereocenters. The number of ketones is 1. The highest BCUT2D eigenvalue weighted by molar-refractivity contribution is 6.00. The molecule has 1 aliphatic rings. The van der Waals surface area contributed by atoms with Crippen LogP contribution < -0.4 is 0 Å². The maximum Gasteiger partial charge on any atom is 0.156 e. The fourth-order valence-electron chi connectivity index (χ4n) is 1.70. The van der Waals surface area contributed by atoms with Gasteiger partial charge in [-0.1, -0.05) is 23.8 Å². The monoisotopic (exact) mass is 172 g/mol. The zero-order valence-electron chi connectivity index (χ0n) is 7.92. The summed E-state index contributed by atoms with van der Waals surface area (Å²) in [4.78, 5) is 11.1. The minimum atomic E-state index is 0.189. The zero-order chi connectivity index (χ0) is 9.42. The van der Waals surface area contributed by atoms with Crippen molar-refractivity contribution in [3.05, 3.63) is 40.5 Å². The summed E-state index contributed by atoms with van der Waals surface area (Å²) in [7, 11) is 0. The smallest absolute Gasteiger partial charge is 0.156 e. The number of benzene rings is 1. The second kappa shape index (κ2) is 2.84. The molecule has 1 aromatic rings. The van der Waals surface area contributed by atoms with Gasteiger partial charge in [-0.15, -0.1) is 0 Å². The summed E-state index contributed by atoms with van der Waals surface area (Å²) in [6, 6.07) is 6.32. The number of Topliss-reactive ketones (excluding diaryl/α,β-unsaturated/α-hetero) is 1. The number of rotatable bonds is 1. The van der Waals surface area contributed by atoms with Gasteiger partial charge in [-0.2, -0.15) is 0 Å². The Labute approximate surface area is 78.1 Å². The van der Waals surface area contributed by atoms with E-state index in [1.165, 1.54) is 16.7 Å². The topological polar surface area (TPSA) is 17.1 Å². The fraction of sp³-hybridized carbons (Fsp3) is 0.250. The minimum Gasteiger partial charge on any atom is -0.295 e. The van der Waals surface area contributed by atoms with Crippen molar-refractivity contribution in [2.45, 2.75) is 20.3 Å². The quantitative estimate of drug-likeness (QED) is 0.636. The standard InChI is InChI=1S/C12H12O/c1-8-3-4-10-6-11(9(2)13)7-12(10)5-8/h3-6H,7H2,1-2H3.